The fourth-order valence-corrected chi connectivity index (χ4v) is 8.99. The van der Waals surface area contributed by atoms with E-state index in [0.29, 0.717) is 11.8 Å². The Balaban J connectivity index is 1.29. The van der Waals surface area contributed by atoms with Crippen molar-refractivity contribution in [3.63, 3.8) is 0 Å². The second-order valence-electron chi connectivity index (χ2n) is 12.5. The van der Waals surface area contributed by atoms with Crippen LogP contribution in [0.2, 0.25) is 0 Å². The first-order valence-corrected chi connectivity index (χ1v) is 13.3. The van der Waals surface area contributed by atoms with Crippen molar-refractivity contribution >= 4 is 6.21 Å². The van der Waals surface area contributed by atoms with Crippen LogP contribution >= 0.6 is 0 Å². The lowest BCUT2D eigenvalue weighted by molar-refractivity contribution is -0.310. The number of hydrogen-bond acceptors (Lipinski definition) is 8. The number of aliphatic hydroxyl groups excluding tert-OH is 3. The van der Waals surface area contributed by atoms with Gasteiger partial charge in [0.15, 0.2) is 6.29 Å². The number of oxime groups is 1. The monoisotopic (exact) mass is 481 g/mol. The van der Waals surface area contributed by atoms with Gasteiger partial charge in [-0.05, 0) is 87.9 Å². The van der Waals surface area contributed by atoms with Crippen LogP contribution in [0.3, 0.4) is 0 Å². The molecule has 8 heteroatoms. The average Bonchev–Trinajstić information content (AvgIpc) is 3.07. The Morgan fingerprint density at radius 3 is 2.41 bits per heavy atom. The maximum absolute atomic E-state index is 12.1. The number of hydrogen-bond donors (Lipinski definition) is 5. The molecule has 0 aromatic rings. The lowest BCUT2D eigenvalue weighted by atomic mass is 9.43. The summed E-state index contributed by atoms with van der Waals surface area (Å²) in [5, 5.41) is 55.1. The topological polar surface area (TPSA) is 132 Å². The number of nitrogens with zero attached hydrogens (tertiary/aromatic N) is 1. The van der Waals surface area contributed by atoms with Crippen molar-refractivity contribution in [3.8, 4) is 0 Å². The molecule has 1 heterocycles. The fraction of sp³-hybridized carbons (Fsp3) is 0.962. The van der Waals surface area contributed by atoms with E-state index in [4.69, 9.17) is 14.7 Å². The van der Waals surface area contributed by atoms with Crippen LogP contribution in [0, 0.1) is 34.5 Å². The van der Waals surface area contributed by atoms with E-state index in [-0.39, 0.29) is 28.8 Å². The van der Waals surface area contributed by atoms with Crippen LogP contribution < -0.4 is 0 Å². The Hall–Kier alpha value is -0.770. The molecule has 4 aliphatic carbocycles. The summed E-state index contributed by atoms with van der Waals surface area (Å²) in [6.45, 7) is 6.28. The third kappa shape index (κ3) is 3.51. The molecule has 194 valence electrons. The summed E-state index contributed by atoms with van der Waals surface area (Å²) < 4.78 is 11.9. The molecule has 0 bridgehead atoms. The molecule has 34 heavy (non-hydrogen) atoms. The molecule has 5 fully saturated rings. The molecule has 1 saturated heterocycles. The van der Waals surface area contributed by atoms with Gasteiger partial charge in [0, 0.05) is 17.5 Å². The highest BCUT2D eigenvalue weighted by Gasteiger charge is 2.67. The SMILES string of the molecule is C[C@@H]1O[C@H](O[C@H]2CC[C@@]3(C)[C@H](CC[C@@H]4[C@@H]3CC[C@]3(C)[C@@H](/C=N/O)CC[C@]43O)C2)[C@H](O)[C@H](O)[C@H]1O. The summed E-state index contributed by atoms with van der Waals surface area (Å²) in [4.78, 5) is 0. The molecule has 13 atom stereocenters. The van der Waals surface area contributed by atoms with Crippen molar-refractivity contribution in [2.75, 3.05) is 0 Å². The Bertz CT molecular complexity index is 795. The smallest absolute Gasteiger partial charge is 0.186 e. The van der Waals surface area contributed by atoms with E-state index >= 15 is 0 Å². The maximum atomic E-state index is 12.1. The van der Waals surface area contributed by atoms with Crippen LogP contribution in [0.4, 0.5) is 0 Å². The third-order valence-electron chi connectivity index (χ3n) is 11.3. The molecule has 4 saturated carbocycles. The van der Waals surface area contributed by atoms with Gasteiger partial charge in [-0.25, -0.2) is 0 Å². The first-order valence-electron chi connectivity index (χ1n) is 13.3. The van der Waals surface area contributed by atoms with Gasteiger partial charge in [-0.3, -0.25) is 0 Å². The van der Waals surface area contributed by atoms with Crippen LogP contribution in [-0.4, -0.2) is 74.3 Å². The molecule has 0 aromatic carbocycles. The average molecular weight is 482 g/mol. The Kier molecular flexibility index (Phi) is 6.35. The Morgan fingerprint density at radius 2 is 1.68 bits per heavy atom. The second kappa shape index (κ2) is 8.67. The second-order valence-corrected chi connectivity index (χ2v) is 12.5. The van der Waals surface area contributed by atoms with Gasteiger partial charge in [0.25, 0.3) is 0 Å². The van der Waals surface area contributed by atoms with Crippen molar-refractivity contribution < 1.29 is 35.1 Å². The summed E-state index contributed by atoms with van der Waals surface area (Å²) in [6, 6.07) is 0. The molecule has 5 rings (SSSR count). The van der Waals surface area contributed by atoms with Crippen molar-refractivity contribution in [3.05, 3.63) is 0 Å². The zero-order valence-electron chi connectivity index (χ0n) is 20.7. The van der Waals surface area contributed by atoms with Crippen molar-refractivity contribution in [1.29, 1.82) is 0 Å². The van der Waals surface area contributed by atoms with Crippen LogP contribution in [0.1, 0.15) is 78.6 Å². The first kappa shape index (κ1) is 24.9. The van der Waals surface area contributed by atoms with Crippen molar-refractivity contribution in [2.45, 2.75) is 121 Å². The zero-order valence-corrected chi connectivity index (χ0v) is 20.7. The molecule has 0 spiro atoms. The van der Waals surface area contributed by atoms with Crippen LogP contribution in [0.5, 0.6) is 0 Å². The number of fused-ring (bicyclic) bond motifs is 5. The number of ether oxygens (including phenoxy) is 2. The van der Waals surface area contributed by atoms with Gasteiger partial charge >= 0.3 is 0 Å². The molecule has 1 aliphatic heterocycles. The predicted molar refractivity (Wildman–Crippen MR) is 124 cm³/mol. The molecule has 0 unspecified atom stereocenters. The highest BCUT2D eigenvalue weighted by Crippen LogP contribution is 2.68. The molecular formula is C26H43NO7. The first-order chi connectivity index (χ1) is 16.0. The van der Waals surface area contributed by atoms with E-state index < -0.39 is 36.3 Å². The molecule has 0 amide bonds. The van der Waals surface area contributed by atoms with E-state index in [1.165, 1.54) is 0 Å². The number of rotatable bonds is 3. The Labute approximate surface area is 202 Å². The molecule has 0 radical (unpaired) electrons. The summed E-state index contributed by atoms with van der Waals surface area (Å²) in [7, 11) is 0. The van der Waals surface area contributed by atoms with Gasteiger partial charge in [0.2, 0.25) is 0 Å². The van der Waals surface area contributed by atoms with E-state index in [1.807, 2.05) is 0 Å². The highest BCUT2D eigenvalue weighted by molar-refractivity contribution is 5.62. The molecule has 0 aromatic heterocycles. The van der Waals surface area contributed by atoms with E-state index in [1.54, 1.807) is 13.1 Å². The minimum absolute atomic E-state index is 0.0579. The highest BCUT2D eigenvalue weighted by atomic mass is 16.7. The van der Waals surface area contributed by atoms with E-state index in [0.717, 1.165) is 57.8 Å². The predicted octanol–water partition coefficient (Wildman–Crippen LogP) is 2.43. The minimum Gasteiger partial charge on any atom is -0.411 e. The maximum Gasteiger partial charge on any atom is 0.186 e. The van der Waals surface area contributed by atoms with Gasteiger partial charge < -0.3 is 35.1 Å². The Morgan fingerprint density at radius 1 is 0.912 bits per heavy atom. The normalized spacial score (nSPS) is 57.7. The molecule has 5 N–H and O–H groups in total. The quantitative estimate of drug-likeness (QED) is 0.181. The van der Waals surface area contributed by atoms with Crippen LogP contribution in [-0.2, 0) is 9.47 Å². The largest absolute Gasteiger partial charge is 0.411 e. The molecular weight excluding hydrogens is 438 g/mol. The minimum atomic E-state index is -1.28. The lowest BCUT2D eigenvalue weighted by Gasteiger charge is -2.63. The standard InChI is InChI=1S/C26H43NO7/c1-14-20(28)21(29)22(30)23(33-14)34-17-7-9-24(2)15(12-17)4-5-19-18(24)8-10-25(3)16(13-27-32)6-11-26(19,25)31/h13-23,28-32H,4-12H2,1-3H3/b27-13+/t14-,15+,16+,17-,18-,19+,20-,21+,22+,23+,24-,25+,26-/m0/s1. The molecule has 8 nitrogen and oxygen atoms in total. The summed E-state index contributed by atoms with van der Waals surface area (Å²) in [5.41, 5.74) is -0.811. The van der Waals surface area contributed by atoms with E-state index in [2.05, 4.69) is 19.0 Å². The van der Waals surface area contributed by atoms with Crippen molar-refractivity contribution in [2.24, 2.45) is 39.7 Å². The van der Waals surface area contributed by atoms with Gasteiger partial charge in [-0.1, -0.05) is 13.8 Å². The van der Waals surface area contributed by atoms with Gasteiger partial charge in [0.05, 0.1) is 17.8 Å². The zero-order chi connectivity index (χ0) is 24.5. The van der Waals surface area contributed by atoms with Crippen LogP contribution in [0.15, 0.2) is 5.16 Å². The van der Waals surface area contributed by atoms with E-state index in [9.17, 15) is 20.4 Å². The third-order valence-corrected chi connectivity index (χ3v) is 11.3. The lowest BCUT2D eigenvalue weighted by Crippen LogP contribution is -2.62. The fourth-order valence-electron chi connectivity index (χ4n) is 8.99. The van der Waals surface area contributed by atoms with Crippen molar-refractivity contribution in [1.82, 2.24) is 0 Å². The molecule has 5 aliphatic rings. The number of aliphatic hydroxyl groups is 4. The van der Waals surface area contributed by atoms with Gasteiger partial charge in [-0.2, -0.15) is 0 Å². The van der Waals surface area contributed by atoms with Gasteiger partial charge in [0.1, 0.15) is 18.3 Å². The van der Waals surface area contributed by atoms with Crippen LogP contribution in [0.25, 0.3) is 0 Å². The van der Waals surface area contributed by atoms with Gasteiger partial charge in [-0.15, -0.1) is 5.16 Å². The summed E-state index contributed by atoms with van der Waals surface area (Å²) >= 11 is 0. The summed E-state index contributed by atoms with van der Waals surface area (Å²) in [5.74, 6) is 1.33. The summed E-state index contributed by atoms with van der Waals surface area (Å²) in [6.07, 6.45) is 4.85.